The fourth-order valence-corrected chi connectivity index (χ4v) is 4.75. The zero-order valence-corrected chi connectivity index (χ0v) is 21.4. The average Bonchev–Trinajstić information content (AvgIpc) is 3.51. The lowest BCUT2D eigenvalue weighted by atomic mass is 9.95. The van der Waals surface area contributed by atoms with Gasteiger partial charge < -0.3 is 9.63 Å². The number of aromatic amines is 1. The SMILES string of the molecule is CCCCc1nn(-c2ccccc2Cl)c(C(=O)O)c1Cc1ccc(-c2ccccc2-c2nc(=O)o[nH]2)cc1. The van der Waals surface area contributed by atoms with Crippen molar-refractivity contribution in [3.8, 4) is 28.2 Å². The lowest BCUT2D eigenvalue weighted by Crippen LogP contribution is -2.10. The van der Waals surface area contributed by atoms with Gasteiger partial charge in [0.25, 0.3) is 0 Å². The van der Waals surface area contributed by atoms with Crippen LogP contribution < -0.4 is 5.76 Å². The van der Waals surface area contributed by atoms with Gasteiger partial charge in [-0.25, -0.2) is 14.3 Å². The number of carboxylic acids is 1. The number of halogens is 1. The van der Waals surface area contributed by atoms with Crippen molar-refractivity contribution in [1.29, 1.82) is 0 Å². The molecular formula is C29H25ClN4O4. The molecule has 2 heterocycles. The Balaban J connectivity index is 1.53. The Kier molecular flexibility index (Phi) is 7.24. The standard InChI is InChI=1S/C29H25ClN4O4/c1-2-3-11-24-22(26(28(35)36)34(32-24)25-12-7-6-10-23(25)30)17-18-13-15-19(16-14-18)20-8-4-5-9-21(20)27-31-29(37)38-33-27/h4-10,12-16H,2-3,11,17H2,1H3,(H,35,36)(H,31,33,37). The number of benzene rings is 3. The normalized spacial score (nSPS) is 11.1. The molecular weight excluding hydrogens is 504 g/mol. The van der Waals surface area contributed by atoms with Crippen LogP contribution in [0.25, 0.3) is 28.2 Å². The lowest BCUT2D eigenvalue weighted by Gasteiger charge is -2.10. The first kappa shape index (κ1) is 25.2. The highest BCUT2D eigenvalue weighted by Crippen LogP contribution is 2.31. The predicted molar refractivity (Wildman–Crippen MR) is 145 cm³/mol. The molecule has 5 rings (SSSR count). The van der Waals surface area contributed by atoms with Crippen molar-refractivity contribution in [3.05, 3.63) is 111 Å². The summed E-state index contributed by atoms with van der Waals surface area (Å²) in [7, 11) is 0. The molecule has 192 valence electrons. The van der Waals surface area contributed by atoms with Gasteiger partial charge in [-0.2, -0.15) is 15.2 Å². The van der Waals surface area contributed by atoms with Gasteiger partial charge in [0, 0.05) is 17.5 Å². The second-order valence-electron chi connectivity index (χ2n) is 8.90. The first-order chi connectivity index (χ1) is 18.5. The summed E-state index contributed by atoms with van der Waals surface area (Å²) in [5.41, 5.74) is 5.58. The number of hydrogen-bond donors (Lipinski definition) is 2. The Morgan fingerprint density at radius 1 is 1.03 bits per heavy atom. The number of rotatable bonds is 9. The minimum atomic E-state index is -1.05. The van der Waals surface area contributed by atoms with Gasteiger partial charge in [-0.05, 0) is 41.7 Å². The molecule has 0 aliphatic heterocycles. The average molecular weight is 529 g/mol. The number of nitrogens with zero attached hydrogens (tertiary/aromatic N) is 3. The maximum Gasteiger partial charge on any atom is 0.460 e. The van der Waals surface area contributed by atoms with Gasteiger partial charge in [0.2, 0.25) is 0 Å². The molecule has 38 heavy (non-hydrogen) atoms. The monoisotopic (exact) mass is 528 g/mol. The van der Waals surface area contributed by atoms with E-state index >= 15 is 0 Å². The number of carboxylic acid groups (broad SMARTS) is 1. The summed E-state index contributed by atoms with van der Waals surface area (Å²) in [6, 6.07) is 22.6. The molecule has 0 radical (unpaired) electrons. The van der Waals surface area contributed by atoms with Crippen LogP contribution in [-0.4, -0.2) is 31.0 Å². The third kappa shape index (κ3) is 5.03. The van der Waals surface area contributed by atoms with E-state index in [4.69, 9.17) is 21.2 Å². The molecule has 0 unspecified atom stereocenters. The van der Waals surface area contributed by atoms with Crippen LogP contribution in [0.4, 0.5) is 0 Å². The van der Waals surface area contributed by atoms with Crippen LogP contribution in [0, 0.1) is 0 Å². The summed E-state index contributed by atoms with van der Waals surface area (Å²) >= 11 is 6.41. The van der Waals surface area contributed by atoms with E-state index in [1.165, 1.54) is 4.68 Å². The molecule has 0 saturated carbocycles. The second-order valence-corrected chi connectivity index (χ2v) is 9.30. The zero-order valence-electron chi connectivity index (χ0n) is 20.6. The largest absolute Gasteiger partial charge is 0.476 e. The number of aromatic nitrogens is 4. The summed E-state index contributed by atoms with van der Waals surface area (Å²) in [5.74, 6) is -1.38. The summed E-state index contributed by atoms with van der Waals surface area (Å²) in [6.07, 6.45) is 2.94. The molecule has 2 N–H and O–H groups in total. The minimum absolute atomic E-state index is 0.119. The molecule has 0 atom stereocenters. The maximum absolute atomic E-state index is 12.5. The third-order valence-electron chi connectivity index (χ3n) is 6.38. The van der Waals surface area contributed by atoms with Crippen molar-refractivity contribution in [2.75, 3.05) is 0 Å². The van der Waals surface area contributed by atoms with Crippen molar-refractivity contribution >= 4 is 17.6 Å². The summed E-state index contributed by atoms with van der Waals surface area (Å²) in [6.45, 7) is 2.09. The van der Waals surface area contributed by atoms with Crippen LogP contribution in [0.5, 0.6) is 0 Å². The van der Waals surface area contributed by atoms with Crippen LogP contribution in [0.3, 0.4) is 0 Å². The smallest absolute Gasteiger partial charge is 0.460 e. The summed E-state index contributed by atoms with van der Waals surface area (Å²) < 4.78 is 6.20. The number of aryl methyl sites for hydroxylation is 1. The van der Waals surface area contributed by atoms with E-state index in [2.05, 4.69) is 17.1 Å². The number of nitrogens with one attached hydrogen (secondary N) is 1. The molecule has 8 nitrogen and oxygen atoms in total. The van der Waals surface area contributed by atoms with Crippen LogP contribution in [0.15, 0.2) is 82.1 Å². The van der Waals surface area contributed by atoms with Gasteiger partial charge in [-0.15, -0.1) is 0 Å². The van der Waals surface area contributed by atoms with Gasteiger partial charge in [-0.3, -0.25) is 0 Å². The number of para-hydroxylation sites is 1. The number of hydrogen-bond acceptors (Lipinski definition) is 5. The highest BCUT2D eigenvalue weighted by molar-refractivity contribution is 6.32. The molecule has 0 aliphatic rings. The highest BCUT2D eigenvalue weighted by Gasteiger charge is 2.25. The van der Waals surface area contributed by atoms with E-state index in [0.717, 1.165) is 40.8 Å². The van der Waals surface area contributed by atoms with E-state index in [0.29, 0.717) is 34.9 Å². The Bertz CT molecular complexity index is 1650. The van der Waals surface area contributed by atoms with Crippen LogP contribution in [0.2, 0.25) is 5.02 Å². The molecule has 3 aromatic carbocycles. The zero-order chi connectivity index (χ0) is 26.6. The lowest BCUT2D eigenvalue weighted by molar-refractivity contribution is 0.0686. The second kappa shape index (κ2) is 10.9. The fourth-order valence-electron chi connectivity index (χ4n) is 4.54. The minimum Gasteiger partial charge on any atom is -0.476 e. The molecule has 0 spiro atoms. The molecule has 2 aromatic heterocycles. The van der Waals surface area contributed by atoms with E-state index in [9.17, 15) is 14.7 Å². The first-order valence-corrected chi connectivity index (χ1v) is 12.7. The molecule has 0 bridgehead atoms. The molecule has 9 heteroatoms. The van der Waals surface area contributed by atoms with E-state index in [-0.39, 0.29) is 5.69 Å². The van der Waals surface area contributed by atoms with E-state index in [1.54, 1.807) is 18.2 Å². The number of aromatic carboxylic acids is 1. The van der Waals surface area contributed by atoms with Crippen molar-refractivity contribution in [2.45, 2.75) is 32.6 Å². The van der Waals surface area contributed by atoms with E-state index in [1.807, 2.05) is 54.6 Å². The Morgan fingerprint density at radius 2 is 1.74 bits per heavy atom. The van der Waals surface area contributed by atoms with Gasteiger partial charge >= 0.3 is 11.7 Å². The number of H-pyrrole nitrogens is 1. The fraction of sp³-hybridized carbons (Fsp3) is 0.172. The maximum atomic E-state index is 12.5. The Labute approximate surface area is 223 Å². The van der Waals surface area contributed by atoms with E-state index < -0.39 is 11.7 Å². The third-order valence-corrected chi connectivity index (χ3v) is 6.70. The quantitative estimate of drug-likeness (QED) is 0.236. The Hall–Kier alpha value is -4.43. The van der Waals surface area contributed by atoms with Crippen molar-refractivity contribution in [1.82, 2.24) is 19.9 Å². The summed E-state index contributed by atoms with van der Waals surface area (Å²) in [5, 5.41) is 17.9. The van der Waals surface area contributed by atoms with Crippen LogP contribution >= 0.6 is 11.6 Å². The number of carbonyl (C=O) groups is 1. The number of unbranched alkanes of at least 4 members (excludes halogenated alkanes) is 1. The highest BCUT2D eigenvalue weighted by atomic mass is 35.5. The summed E-state index contributed by atoms with van der Waals surface area (Å²) in [4.78, 5) is 27.8. The molecule has 0 amide bonds. The molecule has 5 aromatic rings. The van der Waals surface area contributed by atoms with Crippen LogP contribution in [-0.2, 0) is 12.8 Å². The van der Waals surface area contributed by atoms with Crippen molar-refractivity contribution in [2.24, 2.45) is 0 Å². The van der Waals surface area contributed by atoms with Crippen molar-refractivity contribution < 1.29 is 14.4 Å². The Morgan fingerprint density at radius 3 is 2.39 bits per heavy atom. The van der Waals surface area contributed by atoms with Crippen LogP contribution in [0.1, 0.15) is 47.1 Å². The molecule has 0 aliphatic carbocycles. The van der Waals surface area contributed by atoms with Crippen molar-refractivity contribution in [3.63, 3.8) is 0 Å². The molecule has 0 saturated heterocycles. The van der Waals surface area contributed by atoms with Gasteiger partial charge in [0.15, 0.2) is 11.5 Å². The topological polar surface area (TPSA) is 114 Å². The van der Waals surface area contributed by atoms with Gasteiger partial charge in [0.05, 0.1) is 16.4 Å². The first-order valence-electron chi connectivity index (χ1n) is 12.3. The van der Waals surface area contributed by atoms with Gasteiger partial charge in [0.1, 0.15) is 0 Å². The van der Waals surface area contributed by atoms with Gasteiger partial charge in [-0.1, -0.05) is 85.6 Å². The predicted octanol–water partition coefficient (Wildman–Crippen LogP) is 6.17. The molecule has 0 fully saturated rings.